The van der Waals surface area contributed by atoms with Crippen molar-refractivity contribution in [3.8, 4) is 5.75 Å². The van der Waals surface area contributed by atoms with Crippen molar-refractivity contribution in [2.45, 2.75) is 39.3 Å². The van der Waals surface area contributed by atoms with Gasteiger partial charge in [-0.3, -0.25) is 4.79 Å². The summed E-state index contributed by atoms with van der Waals surface area (Å²) in [6.45, 7) is 5.68. The zero-order chi connectivity index (χ0) is 21.3. The number of rotatable bonds is 7. The van der Waals surface area contributed by atoms with E-state index >= 15 is 0 Å². The van der Waals surface area contributed by atoms with Gasteiger partial charge in [0, 0.05) is 36.2 Å². The minimum atomic E-state index is -0.286. The van der Waals surface area contributed by atoms with Gasteiger partial charge in [-0.05, 0) is 38.8 Å². The van der Waals surface area contributed by atoms with E-state index in [1.54, 1.807) is 29.2 Å². The number of likely N-dealkylation sites (tertiary alicyclic amines) is 1. The second-order valence-electron chi connectivity index (χ2n) is 6.99. The third-order valence-corrected chi connectivity index (χ3v) is 5.57. The lowest BCUT2D eigenvalue weighted by atomic mass is 10.1. The largest absolute Gasteiger partial charge is 0.487 e. The molecule has 0 spiro atoms. The third kappa shape index (κ3) is 6.32. The van der Waals surface area contributed by atoms with E-state index in [1.807, 2.05) is 36.6 Å². The predicted molar refractivity (Wildman–Crippen MR) is 116 cm³/mol. The molecule has 7 nitrogen and oxygen atoms in total. The molecule has 1 aromatic carbocycles. The Balaban J connectivity index is 1.50. The molecule has 160 valence electrons. The van der Waals surface area contributed by atoms with Crippen LogP contribution in [-0.4, -0.2) is 47.6 Å². The average Bonchev–Trinajstić information content (AvgIpc) is 3.17. The molecule has 1 saturated heterocycles. The predicted octanol–water partition coefficient (Wildman–Crippen LogP) is 3.78. The van der Waals surface area contributed by atoms with Gasteiger partial charge in [0.25, 0.3) is 0 Å². The number of nitrogens with zero attached hydrogens (tertiary/aromatic N) is 2. The van der Waals surface area contributed by atoms with Crippen molar-refractivity contribution in [2.24, 2.45) is 0 Å². The van der Waals surface area contributed by atoms with E-state index in [4.69, 9.17) is 9.47 Å². The maximum absolute atomic E-state index is 12.3. The maximum Gasteiger partial charge on any atom is 0.409 e. The Labute approximate surface area is 180 Å². The molecule has 0 unspecified atom stereocenters. The molecule has 0 atom stereocenters. The topological polar surface area (TPSA) is 80.8 Å². The van der Waals surface area contributed by atoms with Crippen molar-refractivity contribution in [3.05, 3.63) is 52.0 Å². The molecule has 1 fully saturated rings. The van der Waals surface area contributed by atoms with Crippen LogP contribution in [-0.2, 0) is 16.1 Å². The van der Waals surface area contributed by atoms with Crippen molar-refractivity contribution >= 4 is 29.4 Å². The van der Waals surface area contributed by atoms with E-state index in [2.05, 4.69) is 10.3 Å². The first kappa shape index (κ1) is 21.8. The molecule has 0 aliphatic carbocycles. The molecule has 2 aromatic rings. The summed E-state index contributed by atoms with van der Waals surface area (Å²) >= 11 is 1.59. The first-order valence-electron chi connectivity index (χ1n) is 10.1. The van der Waals surface area contributed by atoms with Crippen LogP contribution in [0.1, 0.15) is 36.0 Å². The molecule has 1 aromatic heterocycles. The minimum absolute atomic E-state index is 0.0484. The Hall–Kier alpha value is -2.87. The normalized spacial score (nSPS) is 14.7. The lowest BCUT2D eigenvalue weighted by molar-refractivity contribution is -0.117. The van der Waals surface area contributed by atoms with Crippen LogP contribution < -0.4 is 10.1 Å². The molecule has 1 aliphatic rings. The number of aryl methyl sites for hydroxylation is 1. The second kappa shape index (κ2) is 10.8. The van der Waals surface area contributed by atoms with Crippen LogP contribution in [0.2, 0.25) is 0 Å². The van der Waals surface area contributed by atoms with Gasteiger partial charge in [-0.15, -0.1) is 11.3 Å². The summed E-state index contributed by atoms with van der Waals surface area (Å²) in [5.74, 6) is 0.546. The number of hydrogen-bond donors (Lipinski definition) is 1. The van der Waals surface area contributed by atoms with E-state index < -0.39 is 0 Å². The number of piperidine rings is 1. The van der Waals surface area contributed by atoms with Crippen LogP contribution in [0.3, 0.4) is 0 Å². The summed E-state index contributed by atoms with van der Waals surface area (Å²) in [5, 5.41) is 5.99. The molecule has 2 heterocycles. The number of benzene rings is 1. The number of hydrogen-bond acceptors (Lipinski definition) is 6. The summed E-state index contributed by atoms with van der Waals surface area (Å²) < 4.78 is 10.9. The van der Waals surface area contributed by atoms with Gasteiger partial charge in [-0.25, -0.2) is 9.78 Å². The first-order valence-corrected chi connectivity index (χ1v) is 11.0. The maximum atomic E-state index is 12.3. The SMILES string of the molecule is CCOC(=O)N1CCC(NC(=O)/C=C/c2ccccc2OCc2csc(C)n2)CC1. The zero-order valence-corrected chi connectivity index (χ0v) is 18.1. The molecule has 1 N–H and O–H groups in total. The third-order valence-electron chi connectivity index (χ3n) is 4.74. The Morgan fingerprint density at radius 1 is 1.30 bits per heavy atom. The summed E-state index contributed by atoms with van der Waals surface area (Å²) in [7, 11) is 0. The van der Waals surface area contributed by atoms with Gasteiger partial charge in [0.2, 0.25) is 5.91 Å². The molecule has 3 rings (SSSR count). The molecule has 1 aliphatic heterocycles. The lowest BCUT2D eigenvalue weighted by Crippen LogP contribution is -2.46. The Morgan fingerprint density at radius 2 is 2.07 bits per heavy atom. The number of ether oxygens (including phenoxy) is 2. The van der Waals surface area contributed by atoms with Crippen molar-refractivity contribution < 1.29 is 19.1 Å². The average molecular weight is 430 g/mol. The van der Waals surface area contributed by atoms with Crippen LogP contribution in [0.5, 0.6) is 5.75 Å². The highest BCUT2D eigenvalue weighted by Crippen LogP contribution is 2.21. The van der Waals surface area contributed by atoms with Gasteiger partial charge in [-0.2, -0.15) is 0 Å². The van der Waals surface area contributed by atoms with E-state index in [9.17, 15) is 9.59 Å². The van der Waals surface area contributed by atoms with Crippen molar-refractivity contribution in [1.29, 1.82) is 0 Å². The molecule has 8 heteroatoms. The minimum Gasteiger partial charge on any atom is -0.487 e. The number of thiazole rings is 1. The quantitative estimate of drug-likeness (QED) is 0.678. The number of nitrogens with one attached hydrogen (secondary N) is 1. The standard InChI is InChI=1S/C22H27N3O4S/c1-3-28-22(27)25-12-10-18(11-13-25)24-21(26)9-8-17-6-4-5-7-20(17)29-14-19-15-30-16(2)23-19/h4-9,15,18H,3,10-14H2,1-2H3,(H,24,26)/b9-8+. The van der Waals surface area contributed by atoms with E-state index in [0.29, 0.717) is 44.9 Å². The Bertz CT molecular complexity index is 888. The second-order valence-corrected chi connectivity index (χ2v) is 8.05. The van der Waals surface area contributed by atoms with E-state index in [1.165, 1.54) is 6.08 Å². The highest BCUT2D eigenvalue weighted by atomic mass is 32.1. The molecular formula is C22H27N3O4S. The van der Waals surface area contributed by atoms with E-state index in [-0.39, 0.29) is 18.0 Å². The van der Waals surface area contributed by atoms with Gasteiger partial charge >= 0.3 is 6.09 Å². The molecule has 0 radical (unpaired) electrons. The van der Waals surface area contributed by atoms with Crippen LogP contribution >= 0.6 is 11.3 Å². The molecule has 0 bridgehead atoms. The number of amides is 2. The highest BCUT2D eigenvalue weighted by Gasteiger charge is 2.24. The van der Waals surface area contributed by atoms with E-state index in [0.717, 1.165) is 16.3 Å². The fourth-order valence-corrected chi connectivity index (χ4v) is 3.81. The lowest BCUT2D eigenvalue weighted by Gasteiger charge is -2.31. The fraction of sp³-hybridized carbons (Fsp3) is 0.409. The summed E-state index contributed by atoms with van der Waals surface area (Å²) in [4.78, 5) is 30.2. The van der Waals surface area contributed by atoms with Crippen molar-refractivity contribution in [2.75, 3.05) is 19.7 Å². The molecule has 2 amide bonds. The molecule has 30 heavy (non-hydrogen) atoms. The molecule has 0 saturated carbocycles. The summed E-state index contributed by atoms with van der Waals surface area (Å²) in [6.07, 6.45) is 4.42. The van der Waals surface area contributed by atoms with Gasteiger partial charge in [0.05, 0.1) is 17.3 Å². The Kier molecular flexibility index (Phi) is 7.84. The van der Waals surface area contributed by atoms with Gasteiger partial charge in [0.1, 0.15) is 12.4 Å². The fourth-order valence-electron chi connectivity index (χ4n) is 3.21. The Morgan fingerprint density at radius 3 is 2.77 bits per heavy atom. The highest BCUT2D eigenvalue weighted by molar-refractivity contribution is 7.09. The zero-order valence-electron chi connectivity index (χ0n) is 17.3. The number of carbonyl (C=O) groups is 2. The van der Waals surface area contributed by atoms with Crippen LogP contribution in [0.4, 0.5) is 4.79 Å². The van der Waals surface area contributed by atoms with Crippen molar-refractivity contribution in [3.63, 3.8) is 0 Å². The van der Waals surface area contributed by atoms with Gasteiger partial charge in [-0.1, -0.05) is 18.2 Å². The smallest absolute Gasteiger partial charge is 0.409 e. The van der Waals surface area contributed by atoms with Crippen LogP contribution in [0.25, 0.3) is 6.08 Å². The number of carbonyl (C=O) groups excluding carboxylic acids is 2. The van der Waals surface area contributed by atoms with Crippen LogP contribution in [0, 0.1) is 6.92 Å². The summed E-state index contributed by atoms with van der Waals surface area (Å²) in [5.41, 5.74) is 1.72. The molecular weight excluding hydrogens is 402 g/mol. The number of para-hydroxylation sites is 1. The first-order chi connectivity index (χ1) is 14.5. The monoisotopic (exact) mass is 429 g/mol. The van der Waals surface area contributed by atoms with Gasteiger partial charge < -0.3 is 19.7 Å². The van der Waals surface area contributed by atoms with Crippen LogP contribution in [0.15, 0.2) is 35.7 Å². The van der Waals surface area contributed by atoms with Gasteiger partial charge in [0.15, 0.2) is 0 Å². The number of aromatic nitrogens is 1. The van der Waals surface area contributed by atoms with Crippen molar-refractivity contribution in [1.82, 2.24) is 15.2 Å². The summed E-state index contributed by atoms with van der Waals surface area (Å²) in [6, 6.07) is 7.64.